The van der Waals surface area contributed by atoms with Crippen LogP contribution >= 0.6 is 24.0 Å². The highest BCUT2D eigenvalue weighted by atomic mass is 32.1. The number of rotatable bonds is 0. The molecule has 0 aliphatic carbocycles. The molecule has 0 radical (unpaired) electrons. The standard InChI is InChI=1S/C9H7FS2/c1-5-2-6(10)3-8-9(5)7(11)4-12-8/h2-4,11H,1H3. The van der Waals surface area contributed by atoms with Crippen LogP contribution in [0.1, 0.15) is 5.56 Å². The normalized spacial score (nSPS) is 10.9. The predicted octanol–water partition coefficient (Wildman–Crippen LogP) is 3.64. The maximum Gasteiger partial charge on any atom is 0.124 e. The summed E-state index contributed by atoms with van der Waals surface area (Å²) in [5, 5.41) is 3.00. The molecule has 0 aliphatic rings. The van der Waals surface area contributed by atoms with Gasteiger partial charge in [-0.3, -0.25) is 0 Å². The van der Waals surface area contributed by atoms with E-state index in [1.54, 1.807) is 6.07 Å². The summed E-state index contributed by atoms with van der Waals surface area (Å²) in [5.41, 5.74) is 0.955. The number of hydrogen-bond donors (Lipinski definition) is 1. The Morgan fingerprint density at radius 3 is 2.92 bits per heavy atom. The van der Waals surface area contributed by atoms with Crippen molar-refractivity contribution in [2.24, 2.45) is 0 Å². The van der Waals surface area contributed by atoms with Gasteiger partial charge >= 0.3 is 0 Å². The zero-order valence-electron chi connectivity index (χ0n) is 6.47. The van der Waals surface area contributed by atoms with Gasteiger partial charge in [-0.15, -0.1) is 24.0 Å². The highest BCUT2D eigenvalue weighted by Gasteiger charge is 2.05. The van der Waals surface area contributed by atoms with Crippen LogP contribution in [0.5, 0.6) is 0 Å². The second kappa shape index (κ2) is 2.75. The van der Waals surface area contributed by atoms with E-state index in [2.05, 4.69) is 12.6 Å². The van der Waals surface area contributed by atoms with Gasteiger partial charge in [0, 0.05) is 20.4 Å². The maximum absolute atomic E-state index is 12.9. The lowest BCUT2D eigenvalue weighted by molar-refractivity contribution is 0.629. The van der Waals surface area contributed by atoms with Gasteiger partial charge in [-0.25, -0.2) is 4.39 Å². The van der Waals surface area contributed by atoms with Crippen LogP contribution in [0, 0.1) is 12.7 Å². The minimum atomic E-state index is -0.171. The zero-order valence-corrected chi connectivity index (χ0v) is 8.18. The molecule has 0 fully saturated rings. The molecule has 1 aromatic carbocycles. The first kappa shape index (κ1) is 8.08. The Balaban J connectivity index is 2.93. The van der Waals surface area contributed by atoms with Crippen LogP contribution in [0.3, 0.4) is 0 Å². The Kier molecular flexibility index (Phi) is 1.85. The molecule has 0 bridgehead atoms. The molecule has 2 rings (SSSR count). The van der Waals surface area contributed by atoms with Crippen LogP contribution < -0.4 is 0 Å². The van der Waals surface area contributed by atoms with Crippen molar-refractivity contribution in [2.75, 3.05) is 0 Å². The second-order valence-corrected chi connectivity index (χ2v) is 4.11. The number of halogens is 1. The summed E-state index contributed by atoms with van der Waals surface area (Å²) in [7, 11) is 0. The molecule has 2 aromatic rings. The fraction of sp³-hybridized carbons (Fsp3) is 0.111. The number of thiol groups is 1. The van der Waals surface area contributed by atoms with Crippen LogP contribution in [-0.2, 0) is 0 Å². The van der Waals surface area contributed by atoms with Gasteiger partial charge in [0.2, 0.25) is 0 Å². The molecular weight excluding hydrogens is 191 g/mol. The maximum atomic E-state index is 12.9. The Morgan fingerprint density at radius 1 is 1.42 bits per heavy atom. The van der Waals surface area contributed by atoms with E-state index in [4.69, 9.17) is 0 Å². The van der Waals surface area contributed by atoms with Crippen molar-refractivity contribution in [3.8, 4) is 0 Å². The fourth-order valence-corrected chi connectivity index (χ4v) is 2.77. The molecule has 0 unspecified atom stereocenters. The number of thiophene rings is 1. The van der Waals surface area contributed by atoms with Crippen LogP contribution in [0.2, 0.25) is 0 Å². The highest BCUT2D eigenvalue weighted by Crippen LogP contribution is 2.31. The molecule has 0 aliphatic heterocycles. The fourth-order valence-electron chi connectivity index (χ4n) is 1.31. The minimum Gasteiger partial charge on any atom is -0.207 e. The van der Waals surface area contributed by atoms with Crippen molar-refractivity contribution in [3.63, 3.8) is 0 Å². The van der Waals surface area contributed by atoms with Crippen LogP contribution in [0.4, 0.5) is 4.39 Å². The third-order valence-electron chi connectivity index (χ3n) is 1.82. The number of hydrogen-bond acceptors (Lipinski definition) is 2. The van der Waals surface area contributed by atoms with Crippen molar-refractivity contribution in [1.82, 2.24) is 0 Å². The molecule has 0 saturated carbocycles. The van der Waals surface area contributed by atoms with Gasteiger partial charge in [-0.05, 0) is 24.6 Å². The molecule has 12 heavy (non-hydrogen) atoms. The average molecular weight is 198 g/mol. The molecule has 3 heteroatoms. The van der Waals surface area contributed by atoms with Gasteiger partial charge in [0.15, 0.2) is 0 Å². The SMILES string of the molecule is Cc1cc(F)cc2scc(S)c12. The van der Waals surface area contributed by atoms with Crippen LogP contribution in [0.15, 0.2) is 22.4 Å². The van der Waals surface area contributed by atoms with Crippen molar-refractivity contribution in [2.45, 2.75) is 11.8 Å². The van der Waals surface area contributed by atoms with Crippen molar-refractivity contribution < 1.29 is 4.39 Å². The summed E-state index contributed by atoms with van der Waals surface area (Å²) in [5.74, 6) is -0.171. The molecule has 1 heterocycles. The Morgan fingerprint density at radius 2 is 2.17 bits per heavy atom. The smallest absolute Gasteiger partial charge is 0.124 e. The molecule has 0 saturated heterocycles. The van der Waals surface area contributed by atoms with Gasteiger partial charge in [0.1, 0.15) is 5.82 Å². The van der Waals surface area contributed by atoms with E-state index in [-0.39, 0.29) is 5.82 Å². The van der Waals surface area contributed by atoms with Gasteiger partial charge in [0.05, 0.1) is 0 Å². The summed E-state index contributed by atoms with van der Waals surface area (Å²) < 4.78 is 13.9. The molecule has 1 aromatic heterocycles. The lowest BCUT2D eigenvalue weighted by Gasteiger charge is -1.97. The van der Waals surface area contributed by atoms with E-state index in [1.807, 2.05) is 12.3 Å². The summed E-state index contributed by atoms with van der Waals surface area (Å²) in [6.45, 7) is 1.90. The van der Waals surface area contributed by atoms with Gasteiger partial charge in [-0.2, -0.15) is 0 Å². The molecule has 0 spiro atoms. The van der Waals surface area contributed by atoms with Crippen LogP contribution in [0.25, 0.3) is 10.1 Å². The average Bonchev–Trinajstić information content (AvgIpc) is 2.31. The first-order valence-corrected chi connectivity index (χ1v) is 4.87. The zero-order chi connectivity index (χ0) is 8.72. The van der Waals surface area contributed by atoms with Crippen LogP contribution in [-0.4, -0.2) is 0 Å². The highest BCUT2D eigenvalue weighted by molar-refractivity contribution is 7.80. The van der Waals surface area contributed by atoms with E-state index >= 15 is 0 Å². The largest absolute Gasteiger partial charge is 0.207 e. The minimum absolute atomic E-state index is 0.171. The number of fused-ring (bicyclic) bond motifs is 1. The first-order chi connectivity index (χ1) is 5.68. The Hall–Kier alpha value is -0.540. The second-order valence-electron chi connectivity index (χ2n) is 2.72. The molecule has 0 nitrogen and oxygen atoms in total. The van der Waals surface area contributed by atoms with E-state index in [0.29, 0.717) is 0 Å². The molecular formula is C9H7FS2. The van der Waals surface area contributed by atoms with Crippen molar-refractivity contribution in [3.05, 3.63) is 28.9 Å². The van der Waals surface area contributed by atoms with Crippen molar-refractivity contribution in [1.29, 1.82) is 0 Å². The summed E-state index contributed by atoms with van der Waals surface area (Å²) >= 11 is 5.82. The Labute approximate surface area is 79.4 Å². The van der Waals surface area contributed by atoms with E-state index < -0.39 is 0 Å². The third kappa shape index (κ3) is 1.13. The molecule has 62 valence electrons. The topological polar surface area (TPSA) is 0 Å². The lowest BCUT2D eigenvalue weighted by Crippen LogP contribution is -1.78. The summed E-state index contributed by atoms with van der Waals surface area (Å²) in [6.07, 6.45) is 0. The lowest BCUT2D eigenvalue weighted by atomic mass is 10.1. The monoisotopic (exact) mass is 198 g/mol. The van der Waals surface area contributed by atoms with Crippen molar-refractivity contribution >= 4 is 34.1 Å². The van der Waals surface area contributed by atoms with Gasteiger partial charge in [-0.1, -0.05) is 0 Å². The summed E-state index contributed by atoms with van der Waals surface area (Å²) in [6, 6.07) is 3.08. The first-order valence-electron chi connectivity index (χ1n) is 3.55. The molecule has 0 atom stereocenters. The van der Waals surface area contributed by atoms with Gasteiger partial charge in [0.25, 0.3) is 0 Å². The number of benzene rings is 1. The third-order valence-corrected chi connectivity index (χ3v) is 3.27. The van der Waals surface area contributed by atoms with E-state index in [1.165, 1.54) is 17.4 Å². The van der Waals surface area contributed by atoms with E-state index in [0.717, 1.165) is 20.5 Å². The Bertz CT molecular complexity index is 431. The summed E-state index contributed by atoms with van der Waals surface area (Å²) in [4.78, 5) is 0.938. The van der Waals surface area contributed by atoms with E-state index in [9.17, 15) is 4.39 Å². The number of aryl methyl sites for hydroxylation is 1. The van der Waals surface area contributed by atoms with Gasteiger partial charge < -0.3 is 0 Å². The quantitative estimate of drug-likeness (QED) is 0.614. The molecule has 0 N–H and O–H groups in total. The molecule has 0 amide bonds. The predicted molar refractivity (Wildman–Crippen MR) is 53.8 cm³/mol.